The van der Waals surface area contributed by atoms with E-state index in [1.165, 1.54) is 11.1 Å². The minimum Gasteiger partial charge on any atom is -0.496 e. The van der Waals surface area contributed by atoms with Gasteiger partial charge in [0.1, 0.15) is 12.3 Å². The number of benzene rings is 2. The van der Waals surface area contributed by atoms with Crippen LogP contribution >= 0.6 is 0 Å². The number of nitrogens with two attached hydrogens (primary N) is 1. The Morgan fingerprint density at radius 3 is 2.72 bits per heavy atom. The summed E-state index contributed by atoms with van der Waals surface area (Å²) in [6.45, 7) is 7.48. The van der Waals surface area contributed by atoms with Gasteiger partial charge < -0.3 is 24.3 Å². The van der Waals surface area contributed by atoms with Crippen molar-refractivity contribution in [3.63, 3.8) is 0 Å². The highest BCUT2D eigenvalue weighted by molar-refractivity contribution is 5.44. The lowest BCUT2D eigenvalue weighted by Crippen LogP contribution is -2.83. The van der Waals surface area contributed by atoms with Crippen molar-refractivity contribution in [1.82, 2.24) is 0 Å². The van der Waals surface area contributed by atoms with Crippen LogP contribution in [0.5, 0.6) is 17.2 Å². The molecule has 5 heteroatoms. The molecule has 156 valence electrons. The lowest BCUT2D eigenvalue weighted by molar-refractivity contribution is -0.672. The Hall–Kier alpha value is -2.24. The zero-order chi connectivity index (χ0) is 20.3. The van der Waals surface area contributed by atoms with Gasteiger partial charge in [0.05, 0.1) is 19.3 Å². The molecule has 4 rings (SSSR count). The summed E-state index contributed by atoms with van der Waals surface area (Å²) >= 11 is 0. The van der Waals surface area contributed by atoms with Crippen molar-refractivity contribution < 1.29 is 24.3 Å². The third-order valence-electron chi connectivity index (χ3n) is 6.16. The largest absolute Gasteiger partial charge is 0.496 e. The maximum atomic E-state index is 6.06. The molecule has 2 N–H and O–H groups in total. The molecule has 0 aromatic heterocycles. The molecule has 2 aromatic carbocycles. The molecule has 0 spiro atoms. The van der Waals surface area contributed by atoms with Crippen molar-refractivity contribution >= 4 is 0 Å². The molecule has 0 radical (unpaired) electrons. The van der Waals surface area contributed by atoms with Crippen LogP contribution < -0.4 is 19.5 Å². The first-order valence-corrected chi connectivity index (χ1v) is 10.5. The van der Waals surface area contributed by atoms with Crippen LogP contribution in [0.2, 0.25) is 0 Å². The second kappa shape index (κ2) is 8.25. The number of ether oxygens (including phenoxy) is 4. The maximum Gasteiger partial charge on any atom is 0.231 e. The summed E-state index contributed by atoms with van der Waals surface area (Å²) in [4.78, 5) is 0. The van der Waals surface area contributed by atoms with Gasteiger partial charge in [-0.25, -0.2) is 0 Å². The number of methoxy groups -OCH3 is 1. The fourth-order valence-corrected chi connectivity index (χ4v) is 4.85. The minimum absolute atomic E-state index is 0.0692. The average molecular weight is 399 g/mol. The first-order chi connectivity index (χ1) is 14.0. The summed E-state index contributed by atoms with van der Waals surface area (Å²) in [6.07, 6.45) is 3.11. The molecular formula is C24H32NO4+. The Morgan fingerprint density at radius 1 is 1.07 bits per heavy atom. The molecule has 29 heavy (non-hydrogen) atoms. The third-order valence-corrected chi connectivity index (χ3v) is 6.16. The topological polar surface area (TPSA) is 53.5 Å². The van der Waals surface area contributed by atoms with Gasteiger partial charge in [0.15, 0.2) is 11.5 Å². The molecule has 0 amide bonds. The van der Waals surface area contributed by atoms with Gasteiger partial charge in [-0.3, -0.25) is 0 Å². The fraction of sp³-hybridized carbons (Fsp3) is 0.500. The smallest absolute Gasteiger partial charge is 0.231 e. The summed E-state index contributed by atoms with van der Waals surface area (Å²) in [5, 5.41) is 2.39. The molecule has 1 atom stereocenters. The van der Waals surface area contributed by atoms with E-state index < -0.39 is 0 Å². The minimum atomic E-state index is -0.129. The van der Waals surface area contributed by atoms with E-state index in [-0.39, 0.29) is 11.0 Å². The Bertz CT molecular complexity index is 851. The van der Waals surface area contributed by atoms with Crippen LogP contribution in [-0.2, 0) is 16.7 Å². The molecule has 0 unspecified atom stereocenters. The van der Waals surface area contributed by atoms with Gasteiger partial charge in [-0.05, 0) is 51.0 Å². The standard InChI is InChI=1S/C24H31NO4/c1-23(2)16-24(11-13-29-23,19-6-4-5-7-20(19)26-3)10-12-25-15-18-8-9-21-22(14-18)28-17-27-21/h4-9,14,25H,10-13,15-17H2,1-3H3/p+1/t24-/m1/s1. The van der Waals surface area contributed by atoms with Gasteiger partial charge >= 0.3 is 0 Å². The summed E-state index contributed by atoms with van der Waals surface area (Å²) in [5.74, 6) is 2.68. The van der Waals surface area contributed by atoms with E-state index in [0.29, 0.717) is 6.79 Å². The third kappa shape index (κ3) is 4.36. The molecule has 0 saturated carbocycles. The molecule has 5 nitrogen and oxygen atoms in total. The number of hydrogen-bond donors (Lipinski definition) is 1. The molecule has 1 saturated heterocycles. The SMILES string of the molecule is COc1ccccc1[C@]1(CC[NH2+]Cc2ccc3c(c2)OCO3)CCOC(C)(C)C1. The van der Waals surface area contributed by atoms with Crippen LogP contribution in [0.1, 0.15) is 44.2 Å². The van der Waals surface area contributed by atoms with Crippen LogP contribution in [0.25, 0.3) is 0 Å². The van der Waals surface area contributed by atoms with Crippen LogP contribution in [0, 0.1) is 0 Å². The van der Waals surface area contributed by atoms with Crippen LogP contribution in [0.15, 0.2) is 42.5 Å². The van der Waals surface area contributed by atoms with Crippen molar-refractivity contribution in [1.29, 1.82) is 0 Å². The van der Waals surface area contributed by atoms with E-state index in [1.807, 2.05) is 12.1 Å². The Balaban J connectivity index is 1.46. The molecule has 2 aromatic rings. The predicted molar refractivity (Wildman–Crippen MR) is 112 cm³/mol. The van der Waals surface area contributed by atoms with Crippen molar-refractivity contribution in [2.45, 2.75) is 50.7 Å². The maximum absolute atomic E-state index is 6.06. The van der Waals surface area contributed by atoms with Crippen molar-refractivity contribution in [2.75, 3.05) is 27.1 Å². The second-order valence-corrected chi connectivity index (χ2v) is 8.73. The number of fused-ring (bicyclic) bond motifs is 1. The highest BCUT2D eigenvalue weighted by Crippen LogP contribution is 2.46. The zero-order valence-corrected chi connectivity index (χ0v) is 17.7. The van der Waals surface area contributed by atoms with Gasteiger partial charge in [-0.2, -0.15) is 0 Å². The van der Waals surface area contributed by atoms with Gasteiger partial charge in [-0.1, -0.05) is 18.2 Å². The average Bonchev–Trinajstić information content (AvgIpc) is 3.18. The van der Waals surface area contributed by atoms with E-state index in [4.69, 9.17) is 18.9 Å². The number of para-hydroxylation sites is 1. The number of hydrogen-bond acceptors (Lipinski definition) is 4. The lowest BCUT2D eigenvalue weighted by Gasteiger charge is -2.45. The molecular weight excluding hydrogens is 366 g/mol. The number of quaternary nitrogens is 1. The number of rotatable bonds is 7. The van der Waals surface area contributed by atoms with Gasteiger partial charge in [0.25, 0.3) is 0 Å². The first kappa shape index (κ1) is 20.0. The molecule has 0 bridgehead atoms. The predicted octanol–water partition coefficient (Wildman–Crippen LogP) is 3.40. The Labute approximate surface area is 173 Å². The monoisotopic (exact) mass is 398 g/mol. The van der Waals surface area contributed by atoms with Crippen molar-refractivity contribution in [2.24, 2.45) is 0 Å². The van der Waals surface area contributed by atoms with E-state index in [0.717, 1.165) is 56.2 Å². The van der Waals surface area contributed by atoms with Crippen LogP contribution in [0.4, 0.5) is 0 Å². The highest BCUT2D eigenvalue weighted by atomic mass is 16.7. The summed E-state index contributed by atoms with van der Waals surface area (Å²) in [6, 6.07) is 14.7. The summed E-state index contributed by atoms with van der Waals surface area (Å²) in [5.41, 5.74) is 2.51. The van der Waals surface area contributed by atoms with Crippen LogP contribution in [-0.4, -0.2) is 32.7 Å². The van der Waals surface area contributed by atoms with Gasteiger partial charge in [0.2, 0.25) is 6.79 Å². The highest BCUT2D eigenvalue weighted by Gasteiger charge is 2.43. The molecule has 2 heterocycles. The van der Waals surface area contributed by atoms with Gasteiger partial charge in [-0.15, -0.1) is 0 Å². The molecule has 2 aliphatic rings. The van der Waals surface area contributed by atoms with E-state index in [2.05, 4.69) is 49.5 Å². The normalized spacial score (nSPS) is 22.4. The zero-order valence-electron chi connectivity index (χ0n) is 17.7. The second-order valence-electron chi connectivity index (χ2n) is 8.73. The Kier molecular flexibility index (Phi) is 5.70. The Morgan fingerprint density at radius 2 is 1.90 bits per heavy atom. The summed E-state index contributed by atoms with van der Waals surface area (Å²) in [7, 11) is 1.77. The van der Waals surface area contributed by atoms with Crippen molar-refractivity contribution in [3.8, 4) is 17.2 Å². The van der Waals surface area contributed by atoms with E-state index >= 15 is 0 Å². The van der Waals surface area contributed by atoms with Crippen molar-refractivity contribution in [3.05, 3.63) is 53.6 Å². The first-order valence-electron chi connectivity index (χ1n) is 10.5. The molecule has 1 fully saturated rings. The van der Waals surface area contributed by atoms with E-state index in [9.17, 15) is 0 Å². The quantitative estimate of drug-likeness (QED) is 0.727. The fourth-order valence-electron chi connectivity index (χ4n) is 4.85. The summed E-state index contributed by atoms with van der Waals surface area (Å²) < 4.78 is 22.7. The molecule has 2 aliphatic heterocycles. The lowest BCUT2D eigenvalue weighted by atomic mass is 9.67. The van der Waals surface area contributed by atoms with Crippen LogP contribution in [0.3, 0.4) is 0 Å². The van der Waals surface area contributed by atoms with Gasteiger partial charge in [0, 0.05) is 29.6 Å². The molecule has 0 aliphatic carbocycles. The van der Waals surface area contributed by atoms with E-state index in [1.54, 1.807) is 7.11 Å².